The second kappa shape index (κ2) is 7.79. The average molecular weight is 419 g/mol. The van der Waals surface area contributed by atoms with E-state index in [4.69, 9.17) is 8.22 Å². The molecule has 0 radical (unpaired) electrons. The van der Waals surface area contributed by atoms with E-state index in [9.17, 15) is 5.11 Å². The highest BCUT2D eigenvalue weighted by molar-refractivity contribution is 5.49. The normalized spacial score (nSPS) is 45.0. The maximum Gasteiger partial charge on any atom is 0.0594 e. The van der Waals surface area contributed by atoms with Crippen LogP contribution in [0.5, 0.6) is 0 Å². The predicted molar refractivity (Wildman–Crippen MR) is 128 cm³/mol. The largest absolute Gasteiger partial charge is 0.393 e. The molecule has 4 aliphatic rings. The van der Waals surface area contributed by atoms with E-state index in [1.54, 1.807) is 0 Å². The second-order valence-electron chi connectivity index (χ2n) is 12.1. The summed E-state index contributed by atoms with van der Waals surface area (Å²) in [6, 6.07) is 0. The maximum absolute atomic E-state index is 11.1. The minimum absolute atomic E-state index is 0.151. The Bertz CT molecular complexity index is 898. The third kappa shape index (κ3) is 3.37. The first kappa shape index (κ1) is 16.1. The topological polar surface area (TPSA) is 20.2 Å². The molecule has 1 saturated carbocycles. The van der Waals surface area contributed by atoms with Crippen molar-refractivity contribution in [2.24, 2.45) is 39.9 Å². The van der Waals surface area contributed by atoms with Crippen LogP contribution in [0.3, 0.4) is 0 Å². The van der Waals surface area contributed by atoms with Crippen LogP contribution in [0.15, 0.2) is 22.8 Å². The van der Waals surface area contributed by atoms with Gasteiger partial charge in [0.15, 0.2) is 0 Å². The Kier molecular flexibility index (Phi) is 4.18. The van der Waals surface area contributed by atoms with Crippen LogP contribution in [-0.4, -0.2) is 11.2 Å². The van der Waals surface area contributed by atoms with Crippen LogP contribution in [0.25, 0.3) is 0 Å². The molecule has 0 aromatic rings. The SMILES string of the molecule is [2H]C([2H])([2H])C1(C([2H])([2H])[2H])[C@@H](O)CC[C@]2(C)C3=C(CC[C@@H]12)C1=CC[C@H]([C@H](C)CCCC(C)C)[C@@]1(C)CC3. The molecule has 1 heteroatoms. The van der Waals surface area contributed by atoms with E-state index in [0.717, 1.165) is 31.6 Å². The van der Waals surface area contributed by atoms with Crippen molar-refractivity contribution < 1.29 is 13.3 Å². The zero-order valence-electron chi connectivity index (χ0n) is 26.0. The van der Waals surface area contributed by atoms with E-state index < -0.39 is 36.6 Å². The molecule has 1 fully saturated rings. The number of hydrogen-bond acceptors (Lipinski definition) is 1. The minimum Gasteiger partial charge on any atom is -0.393 e. The Morgan fingerprint density at radius 2 is 1.83 bits per heavy atom. The summed E-state index contributed by atoms with van der Waals surface area (Å²) in [6.45, 7) is 6.08. The maximum atomic E-state index is 11.1. The molecule has 0 heterocycles. The van der Waals surface area contributed by atoms with Crippen LogP contribution in [-0.2, 0) is 0 Å². The van der Waals surface area contributed by atoms with Crippen LogP contribution in [0.1, 0.15) is 121 Å². The zero-order valence-corrected chi connectivity index (χ0v) is 20.0. The molecule has 0 aliphatic heterocycles. The van der Waals surface area contributed by atoms with E-state index in [2.05, 4.69) is 40.7 Å². The lowest BCUT2D eigenvalue weighted by Crippen LogP contribution is -2.53. The number of hydrogen-bond donors (Lipinski definition) is 1. The fraction of sp³-hybridized carbons (Fsp3) is 0.862. The van der Waals surface area contributed by atoms with Gasteiger partial charge in [0.25, 0.3) is 0 Å². The van der Waals surface area contributed by atoms with Crippen LogP contribution < -0.4 is 0 Å². The molecule has 0 spiro atoms. The summed E-state index contributed by atoms with van der Waals surface area (Å²) < 4.78 is 50.4. The molecule has 0 aromatic heterocycles. The lowest BCUT2D eigenvalue weighted by atomic mass is 9.46. The molecule has 0 unspecified atom stereocenters. The van der Waals surface area contributed by atoms with Crippen molar-refractivity contribution in [1.29, 1.82) is 0 Å². The lowest BCUT2D eigenvalue weighted by Gasteiger charge is -2.59. The molecular weight excluding hydrogens is 364 g/mol. The van der Waals surface area contributed by atoms with Crippen molar-refractivity contribution in [1.82, 2.24) is 0 Å². The van der Waals surface area contributed by atoms with Crippen molar-refractivity contribution in [2.45, 2.75) is 119 Å². The average Bonchev–Trinajstić information content (AvgIpc) is 3.09. The van der Waals surface area contributed by atoms with Gasteiger partial charge >= 0.3 is 0 Å². The number of aliphatic hydroxyl groups is 1. The van der Waals surface area contributed by atoms with E-state index in [1.807, 2.05) is 0 Å². The van der Waals surface area contributed by atoms with Crippen molar-refractivity contribution in [2.75, 3.05) is 0 Å². The Labute approximate surface area is 195 Å². The van der Waals surface area contributed by atoms with Gasteiger partial charge in [-0.2, -0.15) is 0 Å². The van der Waals surface area contributed by atoms with Crippen LogP contribution in [0.4, 0.5) is 0 Å². The van der Waals surface area contributed by atoms with Crippen LogP contribution >= 0.6 is 0 Å². The van der Waals surface area contributed by atoms with Gasteiger partial charge < -0.3 is 5.11 Å². The standard InChI is InChI=1S/C29H48O/c1-19(2)9-8-10-20(3)22-12-13-23-21-11-14-25-27(4,5)26(30)16-18-29(25,7)24(21)15-17-28(22,23)6/h13,19-20,22,25-26,30H,8-12,14-18H2,1-7H3/t20-,22-,25+,26+,28-,29-/m1/s1/i4D3,5D3. The zero-order chi connectivity index (χ0) is 26.9. The molecular formula is C29H48O. The third-order valence-electron chi connectivity index (χ3n) is 9.88. The molecule has 0 amide bonds. The molecule has 1 N–H and O–H groups in total. The molecule has 0 saturated heterocycles. The van der Waals surface area contributed by atoms with E-state index in [0.29, 0.717) is 24.7 Å². The number of allylic oxidation sites excluding steroid dienone is 4. The Morgan fingerprint density at radius 1 is 1.07 bits per heavy atom. The van der Waals surface area contributed by atoms with Gasteiger partial charge in [0.05, 0.1) is 6.10 Å². The van der Waals surface area contributed by atoms with Crippen LogP contribution in [0.2, 0.25) is 0 Å². The van der Waals surface area contributed by atoms with Gasteiger partial charge in [0, 0.05) is 8.22 Å². The lowest BCUT2D eigenvalue weighted by molar-refractivity contribution is -0.0905. The molecule has 1 nitrogen and oxygen atoms in total. The van der Waals surface area contributed by atoms with Crippen molar-refractivity contribution >= 4 is 0 Å². The quantitative estimate of drug-likeness (QED) is 0.478. The molecule has 4 rings (SSSR count). The highest BCUT2D eigenvalue weighted by atomic mass is 16.3. The molecule has 30 heavy (non-hydrogen) atoms. The van der Waals surface area contributed by atoms with Crippen molar-refractivity contribution in [3.05, 3.63) is 22.8 Å². The smallest absolute Gasteiger partial charge is 0.0594 e. The van der Waals surface area contributed by atoms with Gasteiger partial charge in [-0.05, 0) is 96.0 Å². The number of fused-ring (bicyclic) bond motifs is 4. The first-order valence-electron chi connectivity index (χ1n) is 15.6. The molecule has 6 atom stereocenters. The monoisotopic (exact) mass is 418 g/mol. The van der Waals surface area contributed by atoms with E-state index in [-0.39, 0.29) is 11.8 Å². The number of rotatable bonds is 5. The second-order valence-corrected chi connectivity index (χ2v) is 12.1. The molecule has 170 valence electrons. The summed E-state index contributed by atoms with van der Waals surface area (Å²) in [6.07, 6.45) is 10.2. The molecule has 0 aromatic carbocycles. The minimum atomic E-state index is -2.76. The summed E-state index contributed by atoms with van der Waals surface area (Å²) in [4.78, 5) is 0. The third-order valence-corrected chi connectivity index (χ3v) is 9.88. The Balaban J connectivity index is 1.69. The van der Waals surface area contributed by atoms with Crippen LogP contribution in [0, 0.1) is 39.9 Å². The van der Waals surface area contributed by atoms with E-state index in [1.165, 1.54) is 36.0 Å². The van der Waals surface area contributed by atoms with Gasteiger partial charge in [-0.1, -0.05) is 79.2 Å². The van der Waals surface area contributed by atoms with Gasteiger partial charge in [-0.25, -0.2) is 0 Å². The highest BCUT2D eigenvalue weighted by Gasteiger charge is 2.57. The van der Waals surface area contributed by atoms with Gasteiger partial charge in [-0.15, -0.1) is 0 Å². The first-order valence-corrected chi connectivity index (χ1v) is 12.6. The van der Waals surface area contributed by atoms with Crippen molar-refractivity contribution in [3.63, 3.8) is 0 Å². The summed E-state index contributed by atoms with van der Waals surface area (Å²) in [5.41, 5.74) is 1.76. The summed E-state index contributed by atoms with van der Waals surface area (Å²) in [5, 5.41) is 11.1. The fourth-order valence-corrected chi connectivity index (χ4v) is 8.02. The fourth-order valence-electron chi connectivity index (χ4n) is 8.02. The van der Waals surface area contributed by atoms with Gasteiger partial charge in [0.2, 0.25) is 0 Å². The van der Waals surface area contributed by atoms with Gasteiger partial charge in [-0.3, -0.25) is 0 Å². The van der Waals surface area contributed by atoms with Gasteiger partial charge in [0.1, 0.15) is 0 Å². The molecule has 4 aliphatic carbocycles. The first-order chi connectivity index (χ1) is 16.5. The summed E-state index contributed by atoms with van der Waals surface area (Å²) in [5.74, 6) is 1.47. The summed E-state index contributed by atoms with van der Waals surface area (Å²) >= 11 is 0. The predicted octanol–water partition coefficient (Wildman–Crippen LogP) is 8.09. The van der Waals surface area contributed by atoms with E-state index >= 15 is 0 Å². The summed E-state index contributed by atoms with van der Waals surface area (Å²) in [7, 11) is 0. The Hall–Kier alpha value is -0.560. The number of aliphatic hydroxyl groups excluding tert-OH is 1. The highest BCUT2D eigenvalue weighted by Crippen LogP contribution is 2.66. The Morgan fingerprint density at radius 3 is 2.53 bits per heavy atom. The molecule has 0 bridgehead atoms. The van der Waals surface area contributed by atoms with Crippen molar-refractivity contribution in [3.8, 4) is 0 Å².